The maximum atomic E-state index is 14.8. The standard InChI is InChI=1S/C28H29F3O/c1-3-4-5-21-11-13-23(28(31)27(21)30)20-9-7-19(8-10-20)22-12-14-24(25(29)16-22)26-15-6-18(2)17-32-26/h7-14,16,18,26H,3-6,15,17H2,1-2H3. The molecule has 1 nitrogen and oxygen atoms in total. The van der Waals surface area contributed by atoms with Crippen LogP contribution in [0.25, 0.3) is 22.3 Å². The molecule has 2 atom stereocenters. The van der Waals surface area contributed by atoms with Crippen molar-refractivity contribution >= 4 is 0 Å². The van der Waals surface area contributed by atoms with Crippen LogP contribution in [0.1, 0.15) is 56.8 Å². The van der Waals surface area contributed by atoms with Crippen LogP contribution in [0.4, 0.5) is 13.2 Å². The number of halogens is 3. The SMILES string of the molecule is CCCCc1ccc(-c2ccc(-c3ccc(C4CCC(C)CO4)c(F)c3)cc2)c(F)c1F. The Balaban J connectivity index is 1.54. The lowest BCUT2D eigenvalue weighted by Gasteiger charge is -2.27. The van der Waals surface area contributed by atoms with Crippen molar-refractivity contribution in [2.75, 3.05) is 6.61 Å². The third-order valence-corrected chi connectivity index (χ3v) is 6.34. The number of aryl methyl sites for hydroxylation is 1. The van der Waals surface area contributed by atoms with Gasteiger partial charge in [-0.3, -0.25) is 0 Å². The molecule has 32 heavy (non-hydrogen) atoms. The molecule has 1 fully saturated rings. The predicted molar refractivity (Wildman–Crippen MR) is 123 cm³/mol. The van der Waals surface area contributed by atoms with E-state index in [1.165, 1.54) is 6.07 Å². The third-order valence-electron chi connectivity index (χ3n) is 6.34. The molecule has 3 aromatic carbocycles. The van der Waals surface area contributed by atoms with Gasteiger partial charge in [0.15, 0.2) is 11.6 Å². The summed E-state index contributed by atoms with van der Waals surface area (Å²) in [5, 5.41) is 0. The lowest BCUT2D eigenvalue weighted by Crippen LogP contribution is -2.19. The number of ether oxygens (including phenoxy) is 1. The van der Waals surface area contributed by atoms with Crippen molar-refractivity contribution in [2.45, 2.75) is 52.1 Å². The normalized spacial score (nSPS) is 18.7. The van der Waals surface area contributed by atoms with Crippen LogP contribution in [-0.4, -0.2) is 6.61 Å². The van der Waals surface area contributed by atoms with Crippen LogP contribution in [-0.2, 0) is 11.2 Å². The monoisotopic (exact) mass is 438 g/mol. The van der Waals surface area contributed by atoms with Crippen molar-refractivity contribution in [3.05, 3.63) is 83.2 Å². The summed E-state index contributed by atoms with van der Waals surface area (Å²) < 4.78 is 49.7. The Bertz CT molecular complexity index is 1070. The summed E-state index contributed by atoms with van der Waals surface area (Å²) in [6.45, 7) is 4.82. The van der Waals surface area contributed by atoms with Crippen molar-refractivity contribution in [1.82, 2.24) is 0 Å². The van der Waals surface area contributed by atoms with E-state index >= 15 is 0 Å². The molecule has 4 rings (SSSR count). The molecular formula is C28H29F3O. The largest absolute Gasteiger partial charge is 0.373 e. The molecule has 4 heteroatoms. The highest BCUT2D eigenvalue weighted by molar-refractivity contribution is 5.71. The topological polar surface area (TPSA) is 9.23 Å². The lowest BCUT2D eigenvalue weighted by molar-refractivity contribution is -0.0141. The molecule has 0 bridgehead atoms. The van der Waals surface area contributed by atoms with Gasteiger partial charge in [-0.1, -0.05) is 68.8 Å². The molecule has 0 saturated carbocycles. The summed E-state index contributed by atoms with van der Waals surface area (Å²) in [5.41, 5.74) is 3.39. The van der Waals surface area contributed by atoms with E-state index in [-0.39, 0.29) is 17.5 Å². The van der Waals surface area contributed by atoms with E-state index in [9.17, 15) is 13.2 Å². The van der Waals surface area contributed by atoms with Gasteiger partial charge in [0, 0.05) is 17.7 Å². The molecule has 168 valence electrons. The van der Waals surface area contributed by atoms with Crippen LogP contribution in [0, 0.1) is 23.4 Å². The molecule has 3 aromatic rings. The van der Waals surface area contributed by atoms with E-state index in [0.29, 0.717) is 35.6 Å². The average molecular weight is 439 g/mol. The molecule has 1 saturated heterocycles. The molecule has 0 aliphatic carbocycles. The zero-order chi connectivity index (χ0) is 22.7. The first-order valence-electron chi connectivity index (χ1n) is 11.5. The molecule has 1 aliphatic rings. The van der Waals surface area contributed by atoms with Gasteiger partial charge in [0.2, 0.25) is 0 Å². The van der Waals surface area contributed by atoms with Gasteiger partial charge in [0.1, 0.15) is 5.82 Å². The molecule has 0 N–H and O–H groups in total. The first-order chi connectivity index (χ1) is 15.5. The second-order valence-electron chi connectivity index (χ2n) is 8.82. The van der Waals surface area contributed by atoms with E-state index in [2.05, 4.69) is 6.92 Å². The average Bonchev–Trinajstić information content (AvgIpc) is 2.81. The minimum atomic E-state index is -0.816. The molecule has 1 aliphatic heterocycles. The van der Waals surface area contributed by atoms with Crippen molar-refractivity contribution in [1.29, 1.82) is 0 Å². The highest BCUT2D eigenvalue weighted by Crippen LogP contribution is 2.34. The van der Waals surface area contributed by atoms with E-state index in [0.717, 1.165) is 36.8 Å². The molecule has 0 amide bonds. The van der Waals surface area contributed by atoms with Crippen molar-refractivity contribution in [2.24, 2.45) is 5.92 Å². The van der Waals surface area contributed by atoms with Crippen molar-refractivity contribution in [3.63, 3.8) is 0 Å². The molecule has 0 radical (unpaired) electrons. The van der Waals surface area contributed by atoms with Crippen LogP contribution < -0.4 is 0 Å². The van der Waals surface area contributed by atoms with Crippen LogP contribution in [0.5, 0.6) is 0 Å². The number of unbranched alkanes of at least 4 members (excludes halogenated alkanes) is 1. The quantitative estimate of drug-likeness (QED) is 0.376. The number of benzene rings is 3. The van der Waals surface area contributed by atoms with Crippen LogP contribution in [0.15, 0.2) is 54.6 Å². The third kappa shape index (κ3) is 4.75. The Kier molecular flexibility index (Phi) is 7.00. The maximum absolute atomic E-state index is 14.8. The molecule has 0 aromatic heterocycles. The van der Waals surface area contributed by atoms with Gasteiger partial charge in [-0.15, -0.1) is 0 Å². The summed E-state index contributed by atoms with van der Waals surface area (Å²) >= 11 is 0. The van der Waals surface area contributed by atoms with Gasteiger partial charge in [0.05, 0.1) is 6.10 Å². The summed E-state index contributed by atoms with van der Waals surface area (Å²) in [6, 6.07) is 15.6. The van der Waals surface area contributed by atoms with Gasteiger partial charge >= 0.3 is 0 Å². The Morgan fingerprint density at radius 1 is 0.844 bits per heavy atom. The van der Waals surface area contributed by atoms with Crippen molar-refractivity contribution < 1.29 is 17.9 Å². The highest BCUT2D eigenvalue weighted by Gasteiger charge is 2.23. The zero-order valence-electron chi connectivity index (χ0n) is 18.6. The van der Waals surface area contributed by atoms with E-state index in [4.69, 9.17) is 4.74 Å². The summed E-state index contributed by atoms with van der Waals surface area (Å²) in [4.78, 5) is 0. The maximum Gasteiger partial charge on any atom is 0.166 e. The fourth-order valence-corrected chi connectivity index (χ4v) is 4.31. The Labute approximate surface area is 188 Å². The zero-order valence-corrected chi connectivity index (χ0v) is 18.6. The first kappa shape index (κ1) is 22.6. The van der Waals surface area contributed by atoms with E-state index in [1.54, 1.807) is 30.3 Å². The summed E-state index contributed by atoms with van der Waals surface area (Å²) in [5.74, 6) is -1.35. The molecule has 0 spiro atoms. The Morgan fingerprint density at radius 3 is 2.22 bits per heavy atom. The summed E-state index contributed by atoms with van der Waals surface area (Å²) in [7, 11) is 0. The molecular weight excluding hydrogens is 409 g/mol. The highest BCUT2D eigenvalue weighted by atomic mass is 19.2. The molecule has 1 heterocycles. The van der Waals surface area contributed by atoms with Gasteiger partial charge in [-0.2, -0.15) is 0 Å². The minimum absolute atomic E-state index is 0.194. The first-order valence-corrected chi connectivity index (χ1v) is 11.5. The van der Waals surface area contributed by atoms with Crippen LogP contribution >= 0.6 is 0 Å². The number of hydrogen-bond acceptors (Lipinski definition) is 1. The Morgan fingerprint density at radius 2 is 1.56 bits per heavy atom. The van der Waals surface area contributed by atoms with Crippen LogP contribution in [0.2, 0.25) is 0 Å². The lowest BCUT2D eigenvalue weighted by atomic mass is 9.93. The molecule has 2 unspecified atom stereocenters. The predicted octanol–water partition coefficient (Wildman–Crippen LogP) is 8.27. The number of hydrogen-bond donors (Lipinski definition) is 0. The second-order valence-corrected chi connectivity index (χ2v) is 8.82. The summed E-state index contributed by atoms with van der Waals surface area (Å²) in [6.07, 6.45) is 3.95. The Hall–Kier alpha value is -2.59. The fraction of sp³-hybridized carbons (Fsp3) is 0.357. The van der Waals surface area contributed by atoms with Crippen molar-refractivity contribution in [3.8, 4) is 22.3 Å². The van der Waals surface area contributed by atoms with Gasteiger partial charge in [-0.05, 0) is 59.9 Å². The fourth-order valence-electron chi connectivity index (χ4n) is 4.31. The smallest absolute Gasteiger partial charge is 0.166 e. The van der Waals surface area contributed by atoms with Gasteiger partial charge < -0.3 is 4.74 Å². The number of rotatable bonds is 6. The van der Waals surface area contributed by atoms with E-state index in [1.807, 2.05) is 25.1 Å². The van der Waals surface area contributed by atoms with E-state index < -0.39 is 11.6 Å². The van der Waals surface area contributed by atoms with Gasteiger partial charge in [-0.25, -0.2) is 13.2 Å². The second kappa shape index (κ2) is 9.91. The minimum Gasteiger partial charge on any atom is -0.373 e. The van der Waals surface area contributed by atoms with Gasteiger partial charge in [0.25, 0.3) is 0 Å². The van der Waals surface area contributed by atoms with Crippen LogP contribution in [0.3, 0.4) is 0 Å².